The lowest BCUT2D eigenvalue weighted by molar-refractivity contribution is 0.219. The molecule has 146 valence electrons. The van der Waals surface area contributed by atoms with Gasteiger partial charge in [-0.15, -0.1) is 0 Å². The fraction of sp³-hybridized carbons (Fsp3) is 0.304. The van der Waals surface area contributed by atoms with E-state index in [-0.39, 0.29) is 5.82 Å². The Morgan fingerprint density at radius 3 is 2.76 bits per heavy atom. The number of hydrogen-bond donors (Lipinski definition) is 0. The third-order valence-corrected chi connectivity index (χ3v) is 6.42. The lowest BCUT2D eigenvalue weighted by Crippen LogP contribution is -2.29. The summed E-state index contributed by atoms with van der Waals surface area (Å²) >= 11 is 0. The average Bonchev–Trinajstić information content (AvgIpc) is 3.28. The quantitative estimate of drug-likeness (QED) is 0.531. The molecule has 3 aliphatic rings. The van der Waals surface area contributed by atoms with Crippen LogP contribution in [0.4, 0.5) is 4.39 Å². The molecule has 0 radical (unpaired) electrons. The second kappa shape index (κ2) is 6.52. The first-order valence-electron chi connectivity index (χ1n) is 10.2. The van der Waals surface area contributed by atoms with Crippen molar-refractivity contribution in [1.29, 1.82) is 0 Å². The molecule has 1 aromatic carbocycles. The van der Waals surface area contributed by atoms with E-state index in [1.165, 1.54) is 24.1 Å². The maximum absolute atomic E-state index is 14.1. The highest BCUT2D eigenvalue weighted by atomic mass is 19.1. The minimum atomic E-state index is -0.158. The van der Waals surface area contributed by atoms with E-state index in [2.05, 4.69) is 25.6 Å². The second-order valence-electron chi connectivity index (χ2n) is 8.14. The average molecular weight is 387 g/mol. The Morgan fingerprint density at radius 1 is 1.10 bits per heavy atom. The van der Waals surface area contributed by atoms with Crippen molar-refractivity contribution in [1.82, 2.24) is 24.2 Å². The highest BCUT2D eigenvalue weighted by Crippen LogP contribution is 2.41. The number of benzene rings is 1. The first kappa shape index (κ1) is 16.9. The van der Waals surface area contributed by atoms with E-state index in [9.17, 15) is 4.39 Å². The van der Waals surface area contributed by atoms with Gasteiger partial charge < -0.3 is 4.57 Å². The minimum absolute atomic E-state index is 0.158. The van der Waals surface area contributed by atoms with Gasteiger partial charge in [0.2, 0.25) is 0 Å². The Bertz CT molecular complexity index is 1170. The van der Waals surface area contributed by atoms with Crippen molar-refractivity contribution in [2.45, 2.75) is 31.8 Å². The molecule has 3 aromatic heterocycles. The highest BCUT2D eigenvalue weighted by molar-refractivity contribution is 5.86. The summed E-state index contributed by atoms with van der Waals surface area (Å²) in [6.45, 7) is 3.95. The van der Waals surface area contributed by atoms with Gasteiger partial charge in [0.15, 0.2) is 5.82 Å². The number of pyridine rings is 1. The summed E-state index contributed by atoms with van der Waals surface area (Å²) in [5.74, 6) is 1.20. The molecule has 0 unspecified atom stereocenters. The molecule has 1 saturated heterocycles. The summed E-state index contributed by atoms with van der Waals surface area (Å²) in [7, 11) is 0. The molecule has 2 bridgehead atoms. The van der Waals surface area contributed by atoms with E-state index < -0.39 is 0 Å². The minimum Gasteiger partial charge on any atom is -0.339 e. The Labute approximate surface area is 168 Å². The SMILES string of the molecule is Fc1ccc2c(c1)c1c(n2Cc2ccc(-n3cccn3)nc2)C2CCN(CC2)C1. The molecular formula is C23H22FN5. The molecule has 7 rings (SSSR count). The number of aromatic nitrogens is 4. The van der Waals surface area contributed by atoms with Crippen molar-refractivity contribution in [2.24, 2.45) is 0 Å². The van der Waals surface area contributed by atoms with Crippen LogP contribution in [0.15, 0.2) is 55.0 Å². The van der Waals surface area contributed by atoms with Gasteiger partial charge in [0, 0.05) is 54.2 Å². The predicted octanol–water partition coefficient (Wildman–Crippen LogP) is 4.10. The largest absolute Gasteiger partial charge is 0.339 e. The molecule has 4 aromatic rings. The summed E-state index contributed by atoms with van der Waals surface area (Å²) in [4.78, 5) is 7.10. The van der Waals surface area contributed by atoms with Crippen molar-refractivity contribution in [3.63, 3.8) is 0 Å². The third-order valence-electron chi connectivity index (χ3n) is 6.42. The van der Waals surface area contributed by atoms with E-state index >= 15 is 0 Å². The van der Waals surface area contributed by atoms with Gasteiger partial charge >= 0.3 is 0 Å². The number of rotatable bonds is 3. The van der Waals surface area contributed by atoms with Gasteiger partial charge in [-0.3, -0.25) is 4.90 Å². The monoisotopic (exact) mass is 387 g/mol. The molecule has 0 spiro atoms. The highest BCUT2D eigenvalue weighted by Gasteiger charge is 2.32. The Balaban J connectivity index is 1.45. The molecule has 6 heteroatoms. The van der Waals surface area contributed by atoms with E-state index in [4.69, 9.17) is 0 Å². The molecule has 0 aliphatic carbocycles. The molecular weight excluding hydrogens is 365 g/mol. The van der Waals surface area contributed by atoms with Crippen molar-refractivity contribution < 1.29 is 4.39 Å². The number of nitrogens with zero attached hydrogens (tertiary/aromatic N) is 5. The van der Waals surface area contributed by atoms with Crippen LogP contribution in [-0.2, 0) is 13.1 Å². The molecule has 0 saturated carbocycles. The molecule has 5 nitrogen and oxygen atoms in total. The van der Waals surface area contributed by atoms with E-state index in [1.54, 1.807) is 23.0 Å². The molecule has 29 heavy (non-hydrogen) atoms. The first-order valence-corrected chi connectivity index (χ1v) is 10.2. The summed E-state index contributed by atoms with van der Waals surface area (Å²) in [5, 5.41) is 5.31. The Hall–Kier alpha value is -2.99. The fourth-order valence-electron chi connectivity index (χ4n) is 5.04. The van der Waals surface area contributed by atoms with Crippen LogP contribution in [0.3, 0.4) is 0 Å². The topological polar surface area (TPSA) is 38.9 Å². The number of fused-ring (bicyclic) bond motifs is 3. The normalized spacial score (nSPS) is 20.7. The molecule has 0 atom stereocenters. The Morgan fingerprint density at radius 2 is 2.00 bits per heavy atom. The van der Waals surface area contributed by atoms with Crippen molar-refractivity contribution in [2.75, 3.05) is 13.1 Å². The van der Waals surface area contributed by atoms with Crippen molar-refractivity contribution in [3.8, 4) is 5.82 Å². The first-order chi connectivity index (χ1) is 14.3. The molecule has 0 amide bonds. The van der Waals surface area contributed by atoms with E-state index in [0.29, 0.717) is 5.92 Å². The number of piperidine rings is 1. The van der Waals surface area contributed by atoms with Gasteiger partial charge in [-0.2, -0.15) is 5.10 Å². The van der Waals surface area contributed by atoms with Gasteiger partial charge in [0.25, 0.3) is 0 Å². The van der Waals surface area contributed by atoms with E-state index in [0.717, 1.165) is 48.5 Å². The van der Waals surface area contributed by atoms with Gasteiger partial charge in [-0.1, -0.05) is 6.07 Å². The van der Waals surface area contributed by atoms with E-state index in [1.807, 2.05) is 30.6 Å². The van der Waals surface area contributed by atoms with Crippen LogP contribution in [0.5, 0.6) is 0 Å². The predicted molar refractivity (Wildman–Crippen MR) is 110 cm³/mol. The van der Waals surface area contributed by atoms with Crippen LogP contribution in [0.1, 0.15) is 35.6 Å². The van der Waals surface area contributed by atoms with Crippen LogP contribution < -0.4 is 0 Å². The summed E-state index contributed by atoms with van der Waals surface area (Å²) < 4.78 is 18.3. The molecule has 6 heterocycles. The standard InChI is InChI=1S/C23H22FN5/c24-18-3-4-21-19(12-18)20-15-27-10-6-17(7-11-27)23(20)28(21)14-16-2-5-22(25-13-16)29-9-1-8-26-29/h1-5,8-9,12-13,17H,6-7,10-11,14-15H2. The van der Waals surface area contributed by atoms with Crippen LogP contribution >= 0.6 is 0 Å². The maximum atomic E-state index is 14.1. The molecule has 0 N–H and O–H groups in total. The van der Waals surface area contributed by atoms with Gasteiger partial charge in [-0.05, 0) is 67.4 Å². The second-order valence-corrected chi connectivity index (χ2v) is 8.14. The zero-order valence-electron chi connectivity index (χ0n) is 16.1. The Kier molecular flexibility index (Phi) is 3.81. The molecule has 1 fully saturated rings. The zero-order chi connectivity index (χ0) is 19.4. The summed E-state index contributed by atoms with van der Waals surface area (Å²) in [6.07, 6.45) is 7.93. The molecule has 3 aliphatic heterocycles. The lowest BCUT2D eigenvalue weighted by atomic mass is 9.94. The number of hydrogen-bond acceptors (Lipinski definition) is 3. The van der Waals surface area contributed by atoms with Crippen LogP contribution in [0.2, 0.25) is 0 Å². The van der Waals surface area contributed by atoms with Crippen LogP contribution in [0, 0.1) is 5.82 Å². The third kappa shape index (κ3) is 2.78. The van der Waals surface area contributed by atoms with Gasteiger partial charge in [0.1, 0.15) is 5.82 Å². The van der Waals surface area contributed by atoms with Crippen molar-refractivity contribution in [3.05, 3.63) is 77.6 Å². The lowest BCUT2D eigenvalue weighted by Gasteiger charge is -2.27. The smallest absolute Gasteiger partial charge is 0.153 e. The zero-order valence-corrected chi connectivity index (χ0v) is 16.1. The van der Waals surface area contributed by atoms with Gasteiger partial charge in [-0.25, -0.2) is 14.1 Å². The maximum Gasteiger partial charge on any atom is 0.153 e. The summed E-state index contributed by atoms with van der Waals surface area (Å²) in [6, 6.07) is 11.2. The summed E-state index contributed by atoms with van der Waals surface area (Å²) in [5.41, 5.74) is 4.99. The van der Waals surface area contributed by atoms with Gasteiger partial charge in [0.05, 0.1) is 0 Å². The van der Waals surface area contributed by atoms with Crippen LogP contribution in [-0.4, -0.2) is 37.3 Å². The number of halogens is 1. The van der Waals surface area contributed by atoms with Crippen LogP contribution in [0.25, 0.3) is 16.7 Å². The van der Waals surface area contributed by atoms with Crippen molar-refractivity contribution >= 4 is 10.9 Å². The fourth-order valence-corrected chi connectivity index (χ4v) is 5.04.